The van der Waals surface area contributed by atoms with Crippen molar-refractivity contribution >= 4 is 11.8 Å². The monoisotopic (exact) mass is 354 g/mol. The standard InChI is InChI=1S/C21H26N2O3/c1-17-7-11-22(12-8-17)20(24)9-13-23(15-18-5-3-2-4-6-18)21(25)19-10-14-26-16-19/h2-6,10,14,16-17H,7-9,11-13,15H2,1H3. The third-order valence-corrected chi connectivity index (χ3v) is 5.00. The van der Waals surface area contributed by atoms with Crippen LogP contribution in [-0.2, 0) is 11.3 Å². The number of carbonyl (C=O) groups excluding carboxylic acids is 2. The molecular weight excluding hydrogens is 328 g/mol. The highest BCUT2D eigenvalue weighted by atomic mass is 16.3. The molecule has 0 N–H and O–H groups in total. The Hall–Kier alpha value is -2.56. The van der Waals surface area contributed by atoms with Gasteiger partial charge in [-0.1, -0.05) is 37.3 Å². The largest absolute Gasteiger partial charge is 0.472 e. The second-order valence-electron chi connectivity index (χ2n) is 7.04. The maximum absolute atomic E-state index is 12.8. The summed E-state index contributed by atoms with van der Waals surface area (Å²) < 4.78 is 5.04. The van der Waals surface area contributed by atoms with E-state index in [1.54, 1.807) is 11.0 Å². The lowest BCUT2D eigenvalue weighted by molar-refractivity contribution is -0.132. The number of likely N-dealkylation sites (tertiary alicyclic amines) is 1. The minimum absolute atomic E-state index is 0.109. The first-order valence-corrected chi connectivity index (χ1v) is 9.26. The second kappa shape index (κ2) is 8.70. The summed E-state index contributed by atoms with van der Waals surface area (Å²) in [6.45, 7) is 4.77. The number of nitrogens with zero attached hydrogens (tertiary/aromatic N) is 2. The maximum Gasteiger partial charge on any atom is 0.257 e. The van der Waals surface area contributed by atoms with Crippen LogP contribution in [0.1, 0.15) is 42.1 Å². The minimum Gasteiger partial charge on any atom is -0.472 e. The number of hydrogen-bond donors (Lipinski definition) is 0. The molecule has 2 heterocycles. The Balaban J connectivity index is 1.63. The molecule has 0 atom stereocenters. The molecule has 0 aliphatic carbocycles. The van der Waals surface area contributed by atoms with Crippen molar-refractivity contribution in [2.75, 3.05) is 19.6 Å². The highest BCUT2D eigenvalue weighted by Crippen LogP contribution is 2.17. The maximum atomic E-state index is 12.8. The van der Waals surface area contributed by atoms with Crippen molar-refractivity contribution in [2.24, 2.45) is 5.92 Å². The fourth-order valence-corrected chi connectivity index (χ4v) is 3.27. The number of amides is 2. The van der Waals surface area contributed by atoms with E-state index in [1.807, 2.05) is 35.2 Å². The third-order valence-electron chi connectivity index (χ3n) is 5.00. The van der Waals surface area contributed by atoms with Gasteiger partial charge in [0, 0.05) is 32.6 Å². The Labute approximate surface area is 154 Å². The average molecular weight is 354 g/mol. The first kappa shape index (κ1) is 18.2. The molecule has 2 aromatic rings. The zero-order valence-corrected chi connectivity index (χ0v) is 15.3. The summed E-state index contributed by atoms with van der Waals surface area (Å²) in [5.41, 5.74) is 1.56. The number of hydrogen-bond acceptors (Lipinski definition) is 3. The van der Waals surface area contributed by atoms with Crippen molar-refractivity contribution in [3.05, 3.63) is 60.1 Å². The van der Waals surface area contributed by atoms with Crippen LogP contribution in [0.2, 0.25) is 0 Å². The van der Waals surface area contributed by atoms with Crippen LogP contribution in [0.5, 0.6) is 0 Å². The number of piperidine rings is 1. The van der Waals surface area contributed by atoms with Gasteiger partial charge in [0.1, 0.15) is 6.26 Å². The Morgan fingerprint density at radius 3 is 2.54 bits per heavy atom. The molecule has 1 aliphatic rings. The minimum atomic E-state index is -0.109. The lowest BCUT2D eigenvalue weighted by Crippen LogP contribution is -2.40. The van der Waals surface area contributed by atoms with Gasteiger partial charge in [-0.05, 0) is 30.4 Å². The Bertz CT molecular complexity index is 704. The summed E-state index contributed by atoms with van der Waals surface area (Å²) in [7, 11) is 0. The molecule has 1 aromatic heterocycles. The topological polar surface area (TPSA) is 53.8 Å². The van der Waals surface area contributed by atoms with Crippen molar-refractivity contribution < 1.29 is 14.0 Å². The Kier molecular flexibility index (Phi) is 6.10. The lowest BCUT2D eigenvalue weighted by Gasteiger charge is -2.31. The summed E-state index contributed by atoms with van der Waals surface area (Å²) in [6.07, 6.45) is 5.42. The number of rotatable bonds is 6. The zero-order chi connectivity index (χ0) is 18.4. The quantitative estimate of drug-likeness (QED) is 0.797. The van der Waals surface area contributed by atoms with E-state index in [2.05, 4.69) is 6.92 Å². The van der Waals surface area contributed by atoms with Gasteiger partial charge < -0.3 is 14.2 Å². The van der Waals surface area contributed by atoms with Crippen LogP contribution in [0.15, 0.2) is 53.3 Å². The van der Waals surface area contributed by atoms with E-state index >= 15 is 0 Å². The Morgan fingerprint density at radius 1 is 1.15 bits per heavy atom. The number of carbonyl (C=O) groups is 2. The predicted octanol–water partition coefficient (Wildman–Crippen LogP) is 3.57. The third kappa shape index (κ3) is 4.75. The van der Waals surface area contributed by atoms with Gasteiger partial charge in [-0.3, -0.25) is 9.59 Å². The van der Waals surface area contributed by atoms with Crippen LogP contribution in [-0.4, -0.2) is 41.2 Å². The summed E-state index contributed by atoms with van der Waals surface area (Å²) in [5, 5.41) is 0. The fourth-order valence-electron chi connectivity index (χ4n) is 3.27. The van der Waals surface area contributed by atoms with Crippen LogP contribution >= 0.6 is 0 Å². The van der Waals surface area contributed by atoms with Gasteiger partial charge >= 0.3 is 0 Å². The molecule has 0 radical (unpaired) electrons. The van der Waals surface area contributed by atoms with Gasteiger partial charge in [0.2, 0.25) is 5.91 Å². The van der Waals surface area contributed by atoms with E-state index in [1.165, 1.54) is 12.5 Å². The van der Waals surface area contributed by atoms with Gasteiger partial charge in [-0.2, -0.15) is 0 Å². The number of benzene rings is 1. The molecule has 3 rings (SSSR count). The van der Waals surface area contributed by atoms with Crippen molar-refractivity contribution in [2.45, 2.75) is 32.7 Å². The molecule has 1 aromatic carbocycles. The highest BCUT2D eigenvalue weighted by Gasteiger charge is 2.23. The van der Waals surface area contributed by atoms with Gasteiger partial charge in [-0.15, -0.1) is 0 Å². The van der Waals surface area contributed by atoms with E-state index in [0.29, 0.717) is 31.0 Å². The molecule has 1 saturated heterocycles. The van der Waals surface area contributed by atoms with E-state index in [4.69, 9.17) is 4.42 Å². The van der Waals surface area contributed by atoms with Gasteiger partial charge in [0.05, 0.1) is 11.8 Å². The molecule has 0 spiro atoms. The van der Waals surface area contributed by atoms with Crippen molar-refractivity contribution in [1.29, 1.82) is 0 Å². The highest BCUT2D eigenvalue weighted by molar-refractivity contribution is 5.94. The average Bonchev–Trinajstić information content (AvgIpc) is 3.20. The second-order valence-corrected chi connectivity index (χ2v) is 7.04. The van der Waals surface area contributed by atoms with E-state index < -0.39 is 0 Å². The first-order chi connectivity index (χ1) is 12.6. The summed E-state index contributed by atoms with van der Waals surface area (Å²) in [5.74, 6) is 0.717. The molecule has 26 heavy (non-hydrogen) atoms. The van der Waals surface area contributed by atoms with Gasteiger partial charge in [-0.25, -0.2) is 0 Å². The van der Waals surface area contributed by atoms with E-state index in [9.17, 15) is 9.59 Å². The number of furan rings is 1. The van der Waals surface area contributed by atoms with E-state index in [-0.39, 0.29) is 11.8 Å². The lowest BCUT2D eigenvalue weighted by atomic mass is 9.99. The summed E-state index contributed by atoms with van der Waals surface area (Å²) >= 11 is 0. The Morgan fingerprint density at radius 2 is 1.88 bits per heavy atom. The zero-order valence-electron chi connectivity index (χ0n) is 15.3. The van der Waals surface area contributed by atoms with Crippen LogP contribution < -0.4 is 0 Å². The van der Waals surface area contributed by atoms with Crippen molar-refractivity contribution in [3.8, 4) is 0 Å². The first-order valence-electron chi connectivity index (χ1n) is 9.26. The molecule has 0 saturated carbocycles. The van der Waals surface area contributed by atoms with Crippen LogP contribution in [0.25, 0.3) is 0 Å². The molecule has 138 valence electrons. The van der Waals surface area contributed by atoms with E-state index in [0.717, 1.165) is 31.5 Å². The van der Waals surface area contributed by atoms with Crippen molar-refractivity contribution in [1.82, 2.24) is 9.80 Å². The molecule has 5 heteroatoms. The summed E-state index contributed by atoms with van der Waals surface area (Å²) in [6, 6.07) is 11.5. The molecule has 2 amide bonds. The smallest absolute Gasteiger partial charge is 0.257 e. The molecule has 5 nitrogen and oxygen atoms in total. The fraction of sp³-hybridized carbons (Fsp3) is 0.429. The molecule has 0 bridgehead atoms. The van der Waals surface area contributed by atoms with Gasteiger partial charge in [0.15, 0.2) is 0 Å². The normalized spacial score (nSPS) is 15.0. The predicted molar refractivity (Wildman–Crippen MR) is 99.5 cm³/mol. The molecule has 0 unspecified atom stereocenters. The van der Waals surface area contributed by atoms with Crippen LogP contribution in [0.4, 0.5) is 0 Å². The van der Waals surface area contributed by atoms with Crippen LogP contribution in [0, 0.1) is 5.92 Å². The molecule has 1 aliphatic heterocycles. The molecule has 1 fully saturated rings. The van der Waals surface area contributed by atoms with Gasteiger partial charge in [0.25, 0.3) is 5.91 Å². The molecular formula is C21H26N2O3. The van der Waals surface area contributed by atoms with Crippen molar-refractivity contribution in [3.63, 3.8) is 0 Å². The van der Waals surface area contributed by atoms with Crippen LogP contribution in [0.3, 0.4) is 0 Å². The SMILES string of the molecule is CC1CCN(C(=O)CCN(Cc2ccccc2)C(=O)c2ccoc2)CC1. The summed E-state index contributed by atoms with van der Waals surface area (Å²) in [4.78, 5) is 29.0.